The highest BCUT2D eigenvalue weighted by atomic mass is 32.1. The van der Waals surface area contributed by atoms with Gasteiger partial charge >= 0.3 is 0 Å². The number of thiophene rings is 1. The first-order valence-electron chi connectivity index (χ1n) is 9.92. The van der Waals surface area contributed by atoms with Crippen molar-refractivity contribution in [2.24, 2.45) is 0 Å². The van der Waals surface area contributed by atoms with Gasteiger partial charge in [0.1, 0.15) is 10.8 Å². The summed E-state index contributed by atoms with van der Waals surface area (Å²) in [6, 6.07) is 12.2. The Morgan fingerprint density at radius 1 is 1.10 bits per heavy atom. The number of thiazole rings is 1. The lowest BCUT2D eigenvalue weighted by atomic mass is 10.2. The van der Waals surface area contributed by atoms with Crippen molar-refractivity contribution in [3.63, 3.8) is 0 Å². The Balaban J connectivity index is 1.33. The predicted molar refractivity (Wildman–Crippen MR) is 119 cm³/mol. The Kier molecular flexibility index (Phi) is 6.59. The Morgan fingerprint density at radius 3 is 2.69 bits per heavy atom. The van der Waals surface area contributed by atoms with Crippen LogP contribution in [0.25, 0.3) is 10.6 Å². The molecule has 29 heavy (non-hydrogen) atoms. The van der Waals surface area contributed by atoms with Gasteiger partial charge < -0.3 is 9.64 Å². The lowest BCUT2D eigenvalue weighted by Crippen LogP contribution is -2.48. The molecule has 4 rings (SSSR count). The van der Waals surface area contributed by atoms with E-state index in [9.17, 15) is 4.79 Å². The van der Waals surface area contributed by atoms with E-state index in [0.717, 1.165) is 54.7 Å². The number of benzene rings is 1. The van der Waals surface area contributed by atoms with E-state index in [2.05, 4.69) is 22.4 Å². The lowest BCUT2D eigenvalue weighted by molar-refractivity contribution is -0.132. The van der Waals surface area contributed by atoms with Crippen molar-refractivity contribution >= 4 is 28.6 Å². The number of carbonyl (C=O) groups is 1. The van der Waals surface area contributed by atoms with Crippen molar-refractivity contribution in [1.82, 2.24) is 14.8 Å². The average molecular weight is 428 g/mol. The van der Waals surface area contributed by atoms with Gasteiger partial charge in [0.15, 0.2) is 0 Å². The van der Waals surface area contributed by atoms with Crippen LogP contribution < -0.4 is 4.74 Å². The Bertz CT molecular complexity index is 931. The molecule has 0 saturated carbocycles. The van der Waals surface area contributed by atoms with Crippen molar-refractivity contribution in [2.45, 2.75) is 19.9 Å². The highest BCUT2D eigenvalue weighted by Crippen LogP contribution is 2.32. The fourth-order valence-corrected chi connectivity index (χ4v) is 5.08. The maximum Gasteiger partial charge on any atom is 0.228 e. The summed E-state index contributed by atoms with van der Waals surface area (Å²) >= 11 is 3.36. The molecule has 0 aliphatic carbocycles. The first-order chi connectivity index (χ1) is 14.2. The summed E-state index contributed by atoms with van der Waals surface area (Å²) in [5.74, 6) is 1.000. The standard InChI is InChI=1S/C22H25N3O2S2/c1-2-27-20-8-4-3-7-19(20)22-23-17(16-29-22)14-21(26)25-11-9-24(10-12-25)15-18-6-5-13-28-18/h3-8,13,16H,2,9-12,14-15H2,1H3. The van der Waals surface area contributed by atoms with Gasteiger partial charge in [0, 0.05) is 43.0 Å². The van der Waals surface area contributed by atoms with Crippen molar-refractivity contribution in [3.8, 4) is 16.3 Å². The van der Waals surface area contributed by atoms with Crippen molar-refractivity contribution < 1.29 is 9.53 Å². The summed E-state index contributed by atoms with van der Waals surface area (Å²) in [6.07, 6.45) is 0.359. The third-order valence-electron chi connectivity index (χ3n) is 4.99. The van der Waals surface area contributed by atoms with E-state index in [0.29, 0.717) is 13.0 Å². The molecule has 5 nitrogen and oxygen atoms in total. The molecule has 152 valence electrons. The Morgan fingerprint density at radius 2 is 1.93 bits per heavy atom. The molecule has 1 amide bonds. The highest BCUT2D eigenvalue weighted by Gasteiger charge is 2.22. The van der Waals surface area contributed by atoms with Crippen LogP contribution in [0.3, 0.4) is 0 Å². The number of nitrogens with zero attached hydrogens (tertiary/aromatic N) is 3. The molecule has 0 radical (unpaired) electrons. The molecule has 1 fully saturated rings. The minimum atomic E-state index is 0.163. The molecule has 0 bridgehead atoms. The SMILES string of the molecule is CCOc1ccccc1-c1nc(CC(=O)N2CCN(Cc3cccs3)CC2)cs1. The van der Waals surface area contributed by atoms with E-state index in [1.165, 1.54) is 4.88 Å². The topological polar surface area (TPSA) is 45.7 Å². The van der Waals surface area contributed by atoms with Crippen LogP contribution in [0.1, 0.15) is 17.5 Å². The molecule has 0 atom stereocenters. The van der Waals surface area contributed by atoms with E-state index >= 15 is 0 Å². The van der Waals surface area contributed by atoms with E-state index in [1.807, 2.05) is 41.5 Å². The Labute approximate surface area is 179 Å². The van der Waals surface area contributed by atoms with Gasteiger partial charge in [-0.1, -0.05) is 18.2 Å². The highest BCUT2D eigenvalue weighted by molar-refractivity contribution is 7.13. The molecule has 1 saturated heterocycles. The third-order valence-corrected chi connectivity index (χ3v) is 6.77. The fourth-order valence-electron chi connectivity index (χ4n) is 3.48. The normalized spacial score (nSPS) is 14.9. The molecule has 1 aromatic carbocycles. The number of aromatic nitrogens is 1. The monoisotopic (exact) mass is 427 g/mol. The molecular weight excluding hydrogens is 402 g/mol. The van der Waals surface area contributed by atoms with Crippen LogP contribution in [0.2, 0.25) is 0 Å². The molecule has 2 aromatic heterocycles. The fraction of sp³-hybridized carbons (Fsp3) is 0.364. The summed E-state index contributed by atoms with van der Waals surface area (Å²) in [6.45, 7) is 6.99. The van der Waals surface area contributed by atoms with Gasteiger partial charge in [0.25, 0.3) is 0 Å². The van der Waals surface area contributed by atoms with Gasteiger partial charge in [-0.2, -0.15) is 0 Å². The number of ether oxygens (including phenoxy) is 1. The molecule has 7 heteroatoms. The quantitative estimate of drug-likeness (QED) is 0.568. The first-order valence-corrected chi connectivity index (χ1v) is 11.7. The Hall–Kier alpha value is -2.22. The molecule has 1 aliphatic rings. The molecular formula is C22H25N3O2S2. The number of amides is 1. The summed E-state index contributed by atoms with van der Waals surface area (Å²) in [4.78, 5) is 23.2. The number of rotatable bonds is 7. The average Bonchev–Trinajstić information content (AvgIpc) is 3.41. The van der Waals surface area contributed by atoms with Gasteiger partial charge in [-0.05, 0) is 30.5 Å². The zero-order chi connectivity index (χ0) is 20.1. The third kappa shape index (κ3) is 5.04. The van der Waals surface area contributed by atoms with Crippen LogP contribution in [-0.4, -0.2) is 53.5 Å². The maximum absolute atomic E-state index is 12.8. The van der Waals surface area contributed by atoms with Gasteiger partial charge in [-0.3, -0.25) is 9.69 Å². The molecule has 0 unspecified atom stereocenters. The van der Waals surface area contributed by atoms with Gasteiger partial charge in [-0.25, -0.2) is 4.98 Å². The maximum atomic E-state index is 12.8. The minimum absolute atomic E-state index is 0.163. The van der Waals surface area contributed by atoms with Crippen molar-refractivity contribution in [2.75, 3.05) is 32.8 Å². The molecule has 0 N–H and O–H groups in total. The predicted octanol–water partition coefficient (Wildman–Crippen LogP) is 4.16. The van der Waals surface area contributed by atoms with Crippen LogP contribution >= 0.6 is 22.7 Å². The van der Waals surface area contributed by atoms with Crippen LogP contribution in [0.15, 0.2) is 47.2 Å². The number of piperazine rings is 1. The lowest BCUT2D eigenvalue weighted by Gasteiger charge is -2.34. The van der Waals surface area contributed by atoms with Gasteiger partial charge in [0.2, 0.25) is 5.91 Å². The molecule has 0 spiro atoms. The summed E-state index contributed by atoms with van der Waals surface area (Å²) in [5, 5.41) is 5.00. The van der Waals surface area contributed by atoms with E-state index in [1.54, 1.807) is 22.7 Å². The number of hydrogen-bond donors (Lipinski definition) is 0. The molecule has 3 heterocycles. The van der Waals surface area contributed by atoms with Gasteiger partial charge in [-0.15, -0.1) is 22.7 Å². The first kappa shape index (κ1) is 20.1. The second kappa shape index (κ2) is 9.52. The number of para-hydroxylation sites is 1. The molecule has 3 aromatic rings. The smallest absolute Gasteiger partial charge is 0.228 e. The van der Waals surface area contributed by atoms with Crippen LogP contribution in [0, 0.1) is 0 Å². The van der Waals surface area contributed by atoms with E-state index in [-0.39, 0.29) is 5.91 Å². The van der Waals surface area contributed by atoms with Gasteiger partial charge in [0.05, 0.1) is 24.3 Å². The zero-order valence-corrected chi connectivity index (χ0v) is 18.2. The minimum Gasteiger partial charge on any atom is -0.493 e. The second-order valence-corrected chi connectivity index (χ2v) is 8.88. The van der Waals surface area contributed by atoms with Crippen molar-refractivity contribution in [1.29, 1.82) is 0 Å². The molecule has 1 aliphatic heterocycles. The summed E-state index contributed by atoms with van der Waals surface area (Å²) in [5.41, 5.74) is 1.82. The zero-order valence-electron chi connectivity index (χ0n) is 16.5. The number of carbonyl (C=O) groups excluding carboxylic acids is 1. The number of hydrogen-bond acceptors (Lipinski definition) is 6. The van der Waals surface area contributed by atoms with E-state index < -0.39 is 0 Å². The summed E-state index contributed by atoms with van der Waals surface area (Å²) in [7, 11) is 0. The second-order valence-electron chi connectivity index (χ2n) is 6.99. The van der Waals surface area contributed by atoms with Crippen LogP contribution in [0.5, 0.6) is 5.75 Å². The van der Waals surface area contributed by atoms with Crippen LogP contribution in [0.4, 0.5) is 0 Å². The van der Waals surface area contributed by atoms with Crippen LogP contribution in [-0.2, 0) is 17.8 Å². The summed E-state index contributed by atoms with van der Waals surface area (Å²) < 4.78 is 5.71. The van der Waals surface area contributed by atoms with E-state index in [4.69, 9.17) is 9.72 Å². The largest absolute Gasteiger partial charge is 0.493 e. The van der Waals surface area contributed by atoms with Crippen molar-refractivity contribution in [3.05, 3.63) is 57.7 Å².